The van der Waals surface area contributed by atoms with Crippen molar-refractivity contribution in [3.63, 3.8) is 0 Å². The first-order valence-electron chi connectivity index (χ1n) is 9.83. The number of amides is 2. The summed E-state index contributed by atoms with van der Waals surface area (Å²) in [5.41, 5.74) is 1.15. The number of hydrogen-bond acceptors (Lipinski definition) is 6. The third-order valence-corrected chi connectivity index (χ3v) is 9.35. The molecule has 11 heteroatoms. The zero-order chi connectivity index (χ0) is 22.0. The molecule has 0 bridgehead atoms. The van der Waals surface area contributed by atoms with E-state index in [2.05, 4.69) is 5.32 Å². The van der Waals surface area contributed by atoms with Crippen LogP contribution in [0, 0.1) is 0 Å². The lowest BCUT2D eigenvalue weighted by molar-refractivity contribution is 0.0864. The number of carbonyl (C=O) groups excluding carboxylic acids is 2. The van der Waals surface area contributed by atoms with E-state index >= 15 is 0 Å². The van der Waals surface area contributed by atoms with Crippen LogP contribution in [0.5, 0.6) is 0 Å². The summed E-state index contributed by atoms with van der Waals surface area (Å²) in [5.74, 6) is -0.957. The Morgan fingerprint density at radius 2 is 1.71 bits per heavy atom. The highest BCUT2D eigenvalue weighted by atomic mass is 32.2. The number of rotatable bonds is 4. The van der Waals surface area contributed by atoms with E-state index in [0.717, 1.165) is 4.31 Å². The molecule has 0 radical (unpaired) electrons. The highest BCUT2D eigenvalue weighted by Gasteiger charge is 2.48. The van der Waals surface area contributed by atoms with Gasteiger partial charge >= 0.3 is 0 Å². The van der Waals surface area contributed by atoms with Gasteiger partial charge in [0.25, 0.3) is 21.8 Å². The second kappa shape index (κ2) is 6.79. The molecular formula is C20H19N3O6S2. The van der Waals surface area contributed by atoms with Gasteiger partial charge in [-0.25, -0.2) is 21.1 Å². The lowest BCUT2D eigenvalue weighted by Crippen LogP contribution is -2.31. The van der Waals surface area contributed by atoms with E-state index in [4.69, 9.17) is 0 Å². The fourth-order valence-electron chi connectivity index (χ4n) is 3.90. The maximum Gasteiger partial charge on any atom is 0.269 e. The summed E-state index contributed by atoms with van der Waals surface area (Å²) in [6.07, 6.45) is 1.88. The molecule has 1 saturated heterocycles. The van der Waals surface area contributed by atoms with E-state index in [1.54, 1.807) is 24.3 Å². The van der Waals surface area contributed by atoms with Crippen molar-refractivity contribution in [2.75, 3.05) is 21.9 Å². The average Bonchev–Trinajstić information content (AvgIpc) is 3.45. The van der Waals surface area contributed by atoms with Gasteiger partial charge in [0.2, 0.25) is 10.0 Å². The van der Waals surface area contributed by atoms with Crippen LogP contribution in [0.2, 0.25) is 0 Å². The van der Waals surface area contributed by atoms with Crippen LogP contribution in [0.3, 0.4) is 0 Å². The van der Waals surface area contributed by atoms with Crippen LogP contribution in [-0.4, -0.2) is 51.3 Å². The lowest BCUT2D eigenvalue weighted by Gasteiger charge is -2.17. The van der Waals surface area contributed by atoms with Crippen molar-refractivity contribution in [2.24, 2.45) is 0 Å². The maximum atomic E-state index is 12.7. The average molecular weight is 462 g/mol. The first-order valence-corrected chi connectivity index (χ1v) is 12.9. The van der Waals surface area contributed by atoms with Crippen molar-refractivity contribution in [3.05, 3.63) is 53.6 Å². The lowest BCUT2D eigenvalue weighted by atomic mass is 10.1. The number of anilines is 2. The number of hydrogen-bond donors (Lipinski definition) is 1. The highest BCUT2D eigenvalue weighted by molar-refractivity contribution is 7.93. The molecule has 31 heavy (non-hydrogen) atoms. The van der Waals surface area contributed by atoms with Gasteiger partial charge in [0.1, 0.15) is 4.90 Å². The zero-order valence-electron chi connectivity index (χ0n) is 16.3. The standard InChI is InChI=1S/C20H19N3O6S2/c24-19(21-14-3-5-15(6-4-14)22-10-1-11-30(22,26)27)13-2-9-17-18(12-13)31(28,29)23(20(17)25)16-7-8-16/h2-6,9,12,16H,1,7-8,10-11H2,(H,21,24). The van der Waals surface area contributed by atoms with E-state index in [0.29, 0.717) is 37.2 Å². The minimum Gasteiger partial charge on any atom is -0.322 e. The first kappa shape index (κ1) is 20.0. The molecule has 2 aromatic carbocycles. The second-order valence-electron chi connectivity index (χ2n) is 7.79. The summed E-state index contributed by atoms with van der Waals surface area (Å²) in [6, 6.07) is 10.1. The van der Waals surface area contributed by atoms with Crippen LogP contribution in [0.25, 0.3) is 0 Å². The van der Waals surface area contributed by atoms with Crippen molar-refractivity contribution in [3.8, 4) is 0 Å². The number of nitrogens with one attached hydrogen (secondary N) is 1. The van der Waals surface area contributed by atoms with E-state index < -0.39 is 31.9 Å². The van der Waals surface area contributed by atoms with Crippen LogP contribution in [0.4, 0.5) is 11.4 Å². The third-order valence-electron chi connectivity index (χ3n) is 5.60. The van der Waals surface area contributed by atoms with Gasteiger partial charge in [-0.05, 0) is 61.7 Å². The first-order chi connectivity index (χ1) is 14.7. The smallest absolute Gasteiger partial charge is 0.269 e. The van der Waals surface area contributed by atoms with Gasteiger partial charge in [0, 0.05) is 23.8 Å². The third kappa shape index (κ3) is 3.28. The van der Waals surface area contributed by atoms with Crippen molar-refractivity contribution in [1.82, 2.24) is 4.31 Å². The van der Waals surface area contributed by atoms with E-state index in [1.165, 1.54) is 22.5 Å². The molecule has 1 aliphatic carbocycles. The Balaban J connectivity index is 1.36. The second-order valence-corrected chi connectivity index (χ2v) is 11.6. The molecule has 2 fully saturated rings. The Morgan fingerprint density at radius 3 is 2.32 bits per heavy atom. The Morgan fingerprint density at radius 1 is 1.00 bits per heavy atom. The van der Waals surface area contributed by atoms with Crippen LogP contribution >= 0.6 is 0 Å². The minimum atomic E-state index is -3.95. The van der Waals surface area contributed by atoms with Gasteiger partial charge in [-0.3, -0.25) is 13.9 Å². The molecule has 2 aliphatic heterocycles. The van der Waals surface area contributed by atoms with Gasteiger partial charge in [0.15, 0.2) is 0 Å². The summed E-state index contributed by atoms with van der Waals surface area (Å²) < 4.78 is 51.8. The predicted molar refractivity (Wildman–Crippen MR) is 113 cm³/mol. The van der Waals surface area contributed by atoms with Crippen LogP contribution in [-0.2, 0) is 20.0 Å². The minimum absolute atomic E-state index is 0.0830. The number of carbonyl (C=O) groups is 2. The fourth-order valence-corrected chi connectivity index (χ4v) is 7.31. The van der Waals surface area contributed by atoms with E-state index in [1.807, 2.05) is 0 Å². The molecule has 162 valence electrons. The van der Waals surface area contributed by atoms with Crippen LogP contribution < -0.4 is 9.62 Å². The largest absolute Gasteiger partial charge is 0.322 e. The number of sulfonamides is 2. The number of fused-ring (bicyclic) bond motifs is 1. The summed E-state index contributed by atoms with van der Waals surface area (Å²) in [4.78, 5) is 25.0. The normalized spacial score (nSPS) is 21.2. The van der Waals surface area contributed by atoms with Gasteiger partial charge in [-0.15, -0.1) is 0 Å². The van der Waals surface area contributed by atoms with Gasteiger partial charge in [0.05, 0.1) is 17.0 Å². The molecule has 9 nitrogen and oxygen atoms in total. The van der Waals surface area contributed by atoms with Crippen molar-refractivity contribution >= 4 is 43.2 Å². The molecule has 2 aromatic rings. The molecule has 0 atom stereocenters. The fraction of sp³-hybridized carbons (Fsp3) is 0.300. The molecule has 2 amide bonds. The Labute approximate surface area is 179 Å². The van der Waals surface area contributed by atoms with E-state index in [9.17, 15) is 26.4 Å². The van der Waals surface area contributed by atoms with Gasteiger partial charge < -0.3 is 5.32 Å². The van der Waals surface area contributed by atoms with Crippen LogP contribution in [0.15, 0.2) is 47.4 Å². The Hall–Kier alpha value is -2.92. The summed E-state index contributed by atoms with van der Waals surface area (Å²) in [7, 11) is -7.24. The number of nitrogens with zero attached hydrogens (tertiary/aromatic N) is 2. The highest BCUT2D eigenvalue weighted by Crippen LogP contribution is 2.39. The van der Waals surface area contributed by atoms with Crippen LogP contribution in [0.1, 0.15) is 40.0 Å². The summed E-state index contributed by atoms with van der Waals surface area (Å²) in [6.45, 7) is 0.425. The Bertz CT molecular complexity index is 1320. The van der Waals surface area contributed by atoms with E-state index in [-0.39, 0.29) is 27.8 Å². The molecule has 5 rings (SSSR count). The van der Waals surface area contributed by atoms with Crippen molar-refractivity contribution in [1.29, 1.82) is 0 Å². The zero-order valence-corrected chi connectivity index (χ0v) is 17.9. The predicted octanol–water partition coefficient (Wildman–Crippen LogP) is 1.79. The number of benzene rings is 2. The van der Waals surface area contributed by atoms with Gasteiger partial charge in [-0.1, -0.05) is 0 Å². The quantitative estimate of drug-likeness (QED) is 0.741. The topological polar surface area (TPSA) is 121 Å². The Kier molecular flexibility index (Phi) is 4.38. The van der Waals surface area contributed by atoms with Crippen molar-refractivity contribution < 1.29 is 26.4 Å². The molecular weight excluding hydrogens is 442 g/mol. The summed E-state index contributed by atoms with van der Waals surface area (Å²) in [5, 5.41) is 2.67. The van der Waals surface area contributed by atoms with Gasteiger partial charge in [-0.2, -0.15) is 0 Å². The molecule has 2 heterocycles. The maximum absolute atomic E-state index is 12.7. The SMILES string of the molecule is O=C(Nc1ccc(N2CCCS2(=O)=O)cc1)c1ccc2c(c1)S(=O)(=O)N(C1CC1)C2=O. The van der Waals surface area contributed by atoms with Crippen molar-refractivity contribution in [2.45, 2.75) is 30.2 Å². The molecule has 1 N–H and O–H groups in total. The summed E-state index contributed by atoms with van der Waals surface area (Å²) >= 11 is 0. The molecule has 1 saturated carbocycles. The molecule has 0 unspecified atom stereocenters. The molecule has 3 aliphatic rings. The monoisotopic (exact) mass is 461 g/mol. The molecule has 0 aromatic heterocycles. The molecule has 0 spiro atoms.